The topological polar surface area (TPSA) is 112 Å². The van der Waals surface area contributed by atoms with Crippen LogP contribution in [0, 0.1) is 0 Å². The minimum atomic E-state index is -0.252. The smallest absolute Gasteiger partial charge is 0.261 e. The fourth-order valence-electron chi connectivity index (χ4n) is 7.83. The van der Waals surface area contributed by atoms with Crippen LogP contribution in [0.3, 0.4) is 0 Å². The number of amides is 4. The van der Waals surface area contributed by atoms with Crippen molar-refractivity contribution in [1.82, 2.24) is 15.1 Å². The largest absolute Gasteiger partial charge is 0.378 e. The second-order valence-corrected chi connectivity index (χ2v) is 13.3. The molecule has 4 amide bonds. The summed E-state index contributed by atoms with van der Waals surface area (Å²) in [7, 11) is 0. The molecule has 0 saturated carbocycles. The number of imide groups is 2. The monoisotopic (exact) mass is 675 g/mol. The highest BCUT2D eigenvalue weighted by molar-refractivity contribution is 6.28. The molecule has 0 radical (unpaired) electrons. The van der Waals surface area contributed by atoms with E-state index < -0.39 is 0 Å². The molecule has 11 nitrogen and oxygen atoms in total. The molecule has 4 aliphatic heterocycles. The Balaban J connectivity index is 0.832. The first-order valence-corrected chi connectivity index (χ1v) is 17.7. The summed E-state index contributed by atoms with van der Waals surface area (Å²) in [6, 6.07) is 19.1. The fraction of sp³-hybridized carbons (Fsp3) is 0.385. The lowest BCUT2D eigenvalue weighted by atomic mass is 9.92. The SMILES string of the molecule is O=C1c2cccc3c(N4CCOCC4)ccc(c23)C(=O)N1CCCCNCCCN1C(=O)c2cccc3c(N4CCOCC4)ccc(c23)C1=O. The molecule has 4 aliphatic rings. The lowest BCUT2D eigenvalue weighted by molar-refractivity contribution is 0.0591. The zero-order valence-electron chi connectivity index (χ0n) is 28.1. The molecule has 2 saturated heterocycles. The van der Waals surface area contributed by atoms with Crippen LogP contribution in [0.1, 0.15) is 60.7 Å². The molecule has 0 unspecified atom stereocenters. The number of benzene rings is 4. The van der Waals surface area contributed by atoms with Crippen molar-refractivity contribution < 1.29 is 28.7 Å². The van der Waals surface area contributed by atoms with Crippen molar-refractivity contribution in [3.8, 4) is 0 Å². The lowest BCUT2D eigenvalue weighted by Crippen LogP contribution is -2.42. The lowest BCUT2D eigenvalue weighted by Gasteiger charge is -2.32. The number of ether oxygens (including phenoxy) is 2. The van der Waals surface area contributed by atoms with E-state index in [0.29, 0.717) is 87.7 Å². The second-order valence-electron chi connectivity index (χ2n) is 13.3. The molecule has 11 heteroatoms. The van der Waals surface area contributed by atoms with Gasteiger partial charge in [0.1, 0.15) is 0 Å². The van der Waals surface area contributed by atoms with Crippen molar-refractivity contribution in [2.24, 2.45) is 0 Å². The van der Waals surface area contributed by atoms with E-state index in [1.54, 1.807) is 0 Å². The minimum absolute atomic E-state index is 0.245. The Hall–Kier alpha value is -4.84. The Kier molecular flexibility index (Phi) is 8.94. The van der Waals surface area contributed by atoms with E-state index in [9.17, 15) is 19.2 Å². The van der Waals surface area contributed by atoms with Gasteiger partial charge in [-0.2, -0.15) is 0 Å². The van der Waals surface area contributed by atoms with Crippen LogP contribution in [-0.2, 0) is 9.47 Å². The predicted molar refractivity (Wildman–Crippen MR) is 191 cm³/mol. The van der Waals surface area contributed by atoms with Crippen LogP contribution in [0.4, 0.5) is 11.4 Å². The van der Waals surface area contributed by atoms with Crippen LogP contribution >= 0.6 is 0 Å². The van der Waals surface area contributed by atoms with Crippen LogP contribution in [-0.4, -0.2) is 112 Å². The average Bonchev–Trinajstić information content (AvgIpc) is 3.16. The number of nitrogens with zero attached hydrogens (tertiary/aromatic N) is 4. The Bertz CT molecular complexity index is 1810. The zero-order valence-corrected chi connectivity index (χ0v) is 28.1. The van der Waals surface area contributed by atoms with E-state index in [0.717, 1.165) is 65.5 Å². The van der Waals surface area contributed by atoms with E-state index in [-0.39, 0.29) is 23.6 Å². The Labute approximate surface area is 290 Å². The normalized spacial score (nSPS) is 17.8. The number of morpholine rings is 2. The summed E-state index contributed by atoms with van der Waals surface area (Å²) in [6.07, 6.45) is 2.05. The third-order valence-corrected chi connectivity index (χ3v) is 10.4. The van der Waals surface area contributed by atoms with Crippen molar-refractivity contribution in [3.63, 3.8) is 0 Å². The summed E-state index contributed by atoms with van der Waals surface area (Å²) in [4.78, 5) is 61.3. The summed E-state index contributed by atoms with van der Waals surface area (Å²) < 4.78 is 11.0. The van der Waals surface area contributed by atoms with Crippen molar-refractivity contribution in [3.05, 3.63) is 82.9 Å². The Morgan fingerprint density at radius 3 is 1.40 bits per heavy atom. The molecule has 1 N–H and O–H groups in total. The summed E-state index contributed by atoms with van der Waals surface area (Å²) in [6.45, 7) is 7.71. The summed E-state index contributed by atoms with van der Waals surface area (Å²) in [5, 5.41) is 6.74. The first kappa shape index (κ1) is 32.4. The molecule has 2 fully saturated rings. The van der Waals surface area contributed by atoms with Gasteiger partial charge in [-0.3, -0.25) is 29.0 Å². The van der Waals surface area contributed by atoms with Gasteiger partial charge < -0.3 is 24.6 Å². The van der Waals surface area contributed by atoms with Crippen LogP contribution in [0.25, 0.3) is 21.5 Å². The summed E-state index contributed by atoms with van der Waals surface area (Å²) in [5.74, 6) is -0.994. The quantitative estimate of drug-likeness (QED) is 0.184. The zero-order chi connectivity index (χ0) is 34.2. The molecule has 0 atom stereocenters. The molecule has 258 valence electrons. The molecule has 0 bridgehead atoms. The fourth-order valence-corrected chi connectivity index (χ4v) is 7.83. The second kappa shape index (κ2) is 13.8. The van der Waals surface area contributed by atoms with Gasteiger partial charge in [0.25, 0.3) is 23.6 Å². The molecule has 8 rings (SSSR count). The molecule has 4 heterocycles. The average molecular weight is 676 g/mol. The third-order valence-electron chi connectivity index (χ3n) is 10.4. The van der Waals surface area contributed by atoms with Crippen molar-refractivity contribution >= 4 is 56.5 Å². The number of rotatable bonds is 11. The van der Waals surface area contributed by atoms with E-state index in [4.69, 9.17) is 9.47 Å². The van der Waals surface area contributed by atoms with Gasteiger partial charge in [-0.25, -0.2) is 0 Å². The van der Waals surface area contributed by atoms with E-state index in [2.05, 4.69) is 15.1 Å². The number of hydrogen-bond acceptors (Lipinski definition) is 9. The van der Waals surface area contributed by atoms with Crippen molar-refractivity contribution in [2.45, 2.75) is 19.3 Å². The Morgan fingerprint density at radius 1 is 0.500 bits per heavy atom. The van der Waals surface area contributed by atoms with Gasteiger partial charge in [0.05, 0.1) is 26.4 Å². The van der Waals surface area contributed by atoms with Gasteiger partial charge in [-0.1, -0.05) is 24.3 Å². The van der Waals surface area contributed by atoms with E-state index in [1.165, 1.54) is 9.80 Å². The molecule has 50 heavy (non-hydrogen) atoms. The summed E-state index contributed by atoms with van der Waals surface area (Å²) >= 11 is 0. The van der Waals surface area contributed by atoms with Crippen LogP contribution < -0.4 is 15.1 Å². The van der Waals surface area contributed by atoms with Crippen molar-refractivity contribution in [1.29, 1.82) is 0 Å². The molecular formula is C39H41N5O6. The summed E-state index contributed by atoms with van der Waals surface area (Å²) in [5.41, 5.74) is 4.34. The first-order valence-electron chi connectivity index (χ1n) is 17.7. The third kappa shape index (κ3) is 5.69. The number of nitrogens with one attached hydrogen (secondary N) is 1. The van der Waals surface area contributed by atoms with Gasteiger partial charge >= 0.3 is 0 Å². The molecule has 0 aliphatic carbocycles. The van der Waals surface area contributed by atoms with Crippen LogP contribution in [0.2, 0.25) is 0 Å². The first-order chi connectivity index (χ1) is 24.5. The number of hydrogen-bond donors (Lipinski definition) is 1. The Morgan fingerprint density at radius 2 is 0.920 bits per heavy atom. The van der Waals surface area contributed by atoms with Gasteiger partial charge in [-0.15, -0.1) is 0 Å². The number of carbonyl (C=O) groups excluding carboxylic acids is 4. The highest BCUT2D eigenvalue weighted by Gasteiger charge is 2.35. The molecule has 0 aromatic heterocycles. The minimum Gasteiger partial charge on any atom is -0.378 e. The number of anilines is 2. The standard InChI is InChI=1S/C39H41N5O6/c45-36-28-8-3-6-26-32(41-18-22-49-23-19-41)12-10-30(34(26)28)38(47)43(36)16-2-1-14-40-15-5-17-44-37(46)29-9-4-7-27-33(42-20-24-50-25-21-42)13-11-31(35(27)29)39(44)48/h3-4,6-13,40H,1-2,5,14-25H2. The predicted octanol–water partition coefficient (Wildman–Crippen LogP) is 4.32. The number of carbonyl (C=O) groups is 4. The van der Waals surface area contributed by atoms with Crippen LogP contribution in [0.15, 0.2) is 60.7 Å². The highest BCUT2D eigenvalue weighted by atomic mass is 16.5. The van der Waals surface area contributed by atoms with Gasteiger partial charge in [0, 0.05) is 94.4 Å². The maximum Gasteiger partial charge on any atom is 0.261 e. The number of unbranched alkanes of at least 4 members (excludes halogenated alkanes) is 1. The maximum absolute atomic E-state index is 13.5. The molecular weight excluding hydrogens is 634 g/mol. The highest BCUT2D eigenvalue weighted by Crippen LogP contribution is 2.38. The van der Waals surface area contributed by atoms with E-state index >= 15 is 0 Å². The molecule has 4 aromatic carbocycles. The van der Waals surface area contributed by atoms with Gasteiger partial charge in [0.2, 0.25) is 0 Å². The van der Waals surface area contributed by atoms with Gasteiger partial charge in [-0.05, 0) is 68.8 Å². The van der Waals surface area contributed by atoms with E-state index in [1.807, 2.05) is 60.7 Å². The molecule has 0 spiro atoms. The maximum atomic E-state index is 13.5. The van der Waals surface area contributed by atoms with Gasteiger partial charge in [0.15, 0.2) is 0 Å². The van der Waals surface area contributed by atoms with Crippen molar-refractivity contribution in [2.75, 3.05) is 88.6 Å². The molecule has 4 aromatic rings. The van der Waals surface area contributed by atoms with Crippen LogP contribution in [0.5, 0.6) is 0 Å².